The van der Waals surface area contributed by atoms with Gasteiger partial charge >= 0.3 is 0 Å². The zero-order valence-electron chi connectivity index (χ0n) is 16.4. The molecule has 1 amide bonds. The van der Waals surface area contributed by atoms with E-state index in [0.29, 0.717) is 35.9 Å². The zero-order chi connectivity index (χ0) is 21.1. The van der Waals surface area contributed by atoms with Crippen molar-refractivity contribution in [2.24, 2.45) is 0 Å². The average molecular weight is 427 g/mol. The SMILES string of the molecule is CCN(CC(=O)Nc1ccc2c(c1)OCCO2)S(=O)(=O)c1cnc2ccccc2c1. The minimum Gasteiger partial charge on any atom is -0.486 e. The Morgan fingerprint density at radius 2 is 1.87 bits per heavy atom. The number of anilines is 1. The van der Waals surface area contributed by atoms with E-state index in [1.807, 2.05) is 18.2 Å². The fourth-order valence-corrected chi connectivity index (χ4v) is 4.58. The maximum Gasteiger partial charge on any atom is 0.245 e. The molecule has 0 atom stereocenters. The van der Waals surface area contributed by atoms with Gasteiger partial charge in [-0.1, -0.05) is 25.1 Å². The number of carbonyl (C=O) groups excluding carboxylic acids is 1. The molecule has 3 aromatic rings. The van der Waals surface area contributed by atoms with Crippen LogP contribution in [0.25, 0.3) is 10.9 Å². The van der Waals surface area contributed by atoms with Gasteiger partial charge < -0.3 is 14.8 Å². The minimum atomic E-state index is -3.88. The van der Waals surface area contributed by atoms with Gasteiger partial charge in [-0.15, -0.1) is 0 Å². The van der Waals surface area contributed by atoms with Crippen LogP contribution in [0.3, 0.4) is 0 Å². The largest absolute Gasteiger partial charge is 0.486 e. The molecule has 0 aliphatic carbocycles. The third-order valence-electron chi connectivity index (χ3n) is 4.70. The molecule has 0 saturated carbocycles. The molecule has 0 saturated heterocycles. The number of sulfonamides is 1. The number of carbonyl (C=O) groups is 1. The van der Waals surface area contributed by atoms with Crippen LogP contribution in [0.15, 0.2) is 59.6 Å². The second kappa shape index (κ2) is 8.29. The van der Waals surface area contributed by atoms with Crippen molar-refractivity contribution in [1.82, 2.24) is 9.29 Å². The topological polar surface area (TPSA) is 97.8 Å². The molecule has 0 spiro atoms. The first-order valence-corrected chi connectivity index (χ1v) is 11.0. The van der Waals surface area contributed by atoms with Crippen molar-refractivity contribution in [3.05, 3.63) is 54.7 Å². The number of likely N-dealkylation sites (N-methyl/N-ethyl adjacent to an activating group) is 1. The van der Waals surface area contributed by atoms with Crippen LogP contribution in [0.1, 0.15) is 6.92 Å². The molecule has 8 nitrogen and oxygen atoms in total. The van der Waals surface area contributed by atoms with Crippen molar-refractivity contribution in [1.29, 1.82) is 0 Å². The second-order valence-electron chi connectivity index (χ2n) is 6.70. The lowest BCUT2D eigenvalue weighted by molar-refractivity contribution is -0.116. The van der Waals surface area contributed by atoms with Crippen LogP contribution in [-0.2, 0) is 14.8 Å². The number of nitrogens with one attached hydrogen (secondary N) is 1. The van der Waals surface area contributed by atoms with E-state index in [2.05, 4.69) is 10.3 Å². The van der Waals surface area contributed by atoms with Crippen LogP contribution in [0.5, 0.6) is 11.5 Å². The summed E-state index contributed by atoms with van der Waals surface area (Å²) in [6.07, 6.45) is 1.32. The summed E-state index contributed by atoms with van der Waals surface area (Å²) in [6, 6.07) is 13.9. The molecule has 1 aliphatic rings. The fraction of sp³-hybridized carbons (Fsp3) is 0.238. The van der Waals surface area contributed by atoms with Gasteiger partial charge in [-0.25, -0.2) is 8.42 Å². The maximum atomic E-state index is 13.1. The van der Waals surface area contributed by atoms with Crippen LogP contribution >= 0.6 is 0 Å². The Labute approximate surface area is 174 Å². The number of hydrogen-bond acceptors (Lipinski definition) is 6. The number of para-hydroxylation sites is 1. The lowest BCUT2D eigenvalue weighted by Gasteiger charge is -2.21. The predicted octanol–water partition coefficient (Wildman–Crippen LogP) is 2.66. The molecule has 0 fully saturated rings. The summed E-state index contributed by atoms with van der Waals surface area (Å²) in [5, 5.41) is 3.43. The third-order valence-corrected chi connectivity index (χ3v) is 6.59. The molecule has 9 heteroatoms. The Bertz CT molecular complexity index is 1200. The van der Waals surface area contributed by atoms with Gasteiger partial charge in [0.2, 0.25) is 15.9 Å². The third kappa shape index (κ3) is 4.07. The number of hydrogen-bond donors (Lipinski definition) is 1. The molecule has 0 unspecified atom stereocenters. The molecule has 1 aromatic heterocycles. The van der Waals surface area contributed by atoms with E-state index in [1.54, 1.807) is 37.3 Å². The predicted molar refractivity (Wildman–Crippen MR) is 112 cm³/mol. The molecular formula is C21H21N3O5S. The Morgan fingerprint density at radius 3 is 2.67 bits per heavy atom. The summed E-state index contributed by atoms with van der Waals surface area (Å²) >= 11 is 0. The van der Waals surface area contributed by atoms with Gasteiger partial charge in [0.1, 0.15) is 18.1 Å². The number of aromatic nitrogens is 1. The van der Waals surface area contributed by atoms with Crippen molar-refractivity contribution in [3.8, 4) is 11.5 Å². The zero-order valence-corrected chi connectivity index (χ0v) is 17.2. The van der Waals surface area contributed by atoms with Crippen LogP contribution < -0.4 is 14.8 Å². The van der Waals surface area contributed by atoms with Crippen LogP contribution in [-0.4, -0.2) is 49.9 Å². The summed E-state index contributed by atoms with van der Waals surface area (Å²) in [5.41, 5.74) is 1.21. The van der Waals surface area contributed by atoms with E-state index in [4.69, 9.17) is 9.47 Å². The van der Waals surface area contributed by atoms with Gasteiger partial charge in [0.15, 0.2) is 11.5 Å². The number of pyridine rings is 1. The summed E-state index contributed by atoms with van der Waals surface area (Å²) in [5.74, 6) is 0.702. The Kier molecular flexibility index (Phi) is 5.56. The quantitative estimate of drug-likeness (QED) is 0.650. The Morgan fingerprint density at radius 1 is 1.10 bits per heavy atom. The first kappa shape index (κ1) is 20.1. The van der Waals surface area contributed by atoms with Crippen molar-refractivity contribution in [2.75, 3.05) is 31.6 Å². The molecule has 2 heterocycles. The molecular weight excluding hydrogens is 406 g/mol. The smallest absolute Gasteiger partial charge is 0.245 e. The van der Waals surface area contributed by atoms with Crippen molar-refractivity contribution < 1.29 is 22.7 Å². The van der Waals surface area contributed by atoms with E-state index in [-0.39, 0.29) is 18.0 Å². The normalized spacial score (nSPS) is 13.4. The Balaban J connectivity index is 1.50. The molecule has 2 aromatic carbocycles. The van der Waals surface area contributed by atoms with Crippen LogP contribution in [0.2, 0.25) is 0 Å². The summed E-state index contributed by atoms with van der Waals surface area (Å²) in [6.45, 7) is 2.42. The van der Waals surface area contributed by atoms with Gasteiger partial charge in [0, 0.05) is 29.9 Å². The fourth-order valence-electron chi connectivity index (χ4n) is 3.19. The van der Waals surface area contributed by atoms with E-state index in [9.17, 15) is 13.2 Å². The number of rotatable bonds is 6. The molecule has 1 aliphatic heterocycles. The van der Waals surface area contributed by atoms with Gasteiger partial charge in [-0.2, -0.15) is 4.31 Å². The van der Waals surface area contributed by atoms with Crippen LogP contribution in [0, 0.1) is 0 Å². The standard InChI is InChI=1S/C21H21N3O5S/c1-2-24(30(26,27)17-11-15-5-3-4-6-18(15)22-13-17)14-21(25)23-16-7-8-19-20(12-16)29-10-9-28-19/h3-8,11-13H,2,9-10,14H2,1H3,(H,23,25). The maximum absolute atomic E-state index is 13.1. The summed E-state index contributed by atoms with van der Waals surface area (Å²) in [7, 11) is -3.88. The molecule has 156 valence electrons. The lowest BCUT2D eigenvalue weighted by Crippen LogP contribution is -2.37. The van der Waals surface area contributed by atoms with Crippen LogP contribution in [0.4, 0.5) is 5.69 Å². The number of ether oxygens (including phenoxy) is 2. The summed E-state index contributed by atoms with van der Waals surface area (Å²) < 4.78 is 38.2. The van der Waals surface area contributed by atoms with E-state index in [1.165, 1.54) is 6.20 Å². The molecule has 30 heavy (non-hydrogen) atoms. The number of fused-ring (bicyclic) bond motifs is 2. The minimum absolute atomic E-state index is 0.0511. The van der Waals surface area contributed by atoms with Gasteiger partial charge in [0.05, 0.1) is 12.1 Å². The molecule has 0 radical (unpaired) electrons. The van der Waals surface area contributed by atoms with Crippen molar-refractivity contribution in [3.63, 3.8) is 0 Å². The van der Waals surface area contributed by atoms with Gasteiger partial charge in [-0.3, -0.25) is 9.78 Å². The molecule has 1 N–H and O–H groups in total. The monoisotopic (exact) mass is 427 g/mol. The number of benzene rings is 2. The highest BCUT2D eigenvalue weighted by atomic mass is 32.2. The number of nitrogens with zero attached hydrogens (tertiary/aromatic N) is 2. The average Bonchev–Trinajstić information content (AvgIpc) is 2.77. The van der Waals surface area contributed by atoms with Gasteiger partial charge in [-0.05, 0) is 24.3 Å². The highest BCUT2D eigenvalue weighted by Gasteiger charge is 2.26. The van der Waals surface area contributed by atoms with Crippen molar-refractivity contribution >= 4 is 32.5 Å². The lowest BCUT2D eigenvalue weighted by atomic mass is 10.2. The van der Waals surface area contributed by atoms with E-state index in [0.717, 1.165) is 9.69 Å². The Hall–Kier alpha value is -3.17. The molecule has 4 rings (SSSR count). The van der Waals surface area contributed by atoms with E-state index >= 15 is 0 Å². The first-order valence-electron chi connectivity index (χ1n) is 9.52. The highest BCUT2D eigenvalue weighted by Crippen LogP contribution is 2.32. The van der Waals surface area contributed by atoms with Gasteiger partial charge in [0.25, 0.3) is 0 Å². The van der Waals surface area contributed by atoms with Crippen molar-refractivity contribution in [2.45, 2.75) is 11.8 Å². The van der Waals surface area contributed by atoms with E-state index < -0.39 is 15.9 Å². The molecule has 0 bridgehead atoms. The summed E-state index contributed by atoms with van der Waals surface area (Å²) in [4.78, 5) is 16.8. The highest BCUT2D eigenvalue weighted by molar-refractivity contribution is 7.89. The second-order valence-corrected chi connectivity index (χ2v) is 8.64. The number of amides is 1. The first-order chi connectivity index (χ1) is 14.5.